The third-order valence-corrected chi connectivity index (χ3v) is 4.51. The minimum Gasteiger partial charge on any atom is -0.481 e. The van der Waals surface area contributed by atoms with E-state index in [9.17, 15) is 14.4 Å². The predicted molar refractivity (Wildman–Crippen MR) is 105 cm³/mol. The summed E-state index contributed by atoms with van der Waals surface area (Å²) in [5, 5.41) is 15.5. The highest BCUT2D eigenvalue weighted by Crippen LogP contribution is 2.20. The van der Waals surface area contributed by atoms with Crippen LogP contribution in [0.3, 0.4) is 0 Å². The fraction of sp³-hybridized carbons (Fsp3) is 0.105. The van der Waals surface area contributed by atoms with E-state index >= 15 is 0 Å². The van der Waals surface area contributed by atoms with E-state index in [1.165, 1.54) is 4.68 Å². The van der Waals surface area contributed by atoms with E-state index in [1.54, 1.807) is 48.5 Å². The van der Waals surface area contributed by atoms with Crippen LogP contribution in [0.25, 0.3) is 5.69 Å². The Morgan fingerprint density at radius 2 is 1.61 bits per heavy atom. The maximum atomic E-state index is 12.6. The molecule has 0 aliphatic carbocycles. The van der Waals surface area contributed by atoms with Gasteiger partial charge in [-0.3, -0.25) is 19.5 Å². The Balaban J connectivity index is 1.85. The molecule has 1 heterocycles. The molecule has 28 heavy (non-hydrogen) atoms. The lowest BCUT2D eigenvalue weighted by Crippen LogP contribution is -2.30. The van der Waals surface area contributed by atoms with Crippen LogP contribution in [-0.4, -0.2) is 26.8 Å². The van der Waals surface area contributed by atoms with Crippen LogP contribution >= 0.6 is 23.2 Å². The molecular formula is C19H15Cl2N3O4. The average Bonchev–Trinajstić information content (AvgIpc) is 3.04. The third kappa shape index (κ3) is 4.62. The number of carboxylic acids is 1. The molecule has 0 radical (unpaired) electrons. The number of carbonyl (C=O) groups excluding carboxylic acids is 1. The van der Waals surface area contributed by atoms with Crippen LogP contribution in [0.2, 0.25) is 10.0 Å². The summed E-state index contributed by atoms with van der Waals surface area (Å²) in [5.41, 5.74) is 0.658. The van der Waals surface area contributed by atoms with Crippen molar-refractivity contribution in [3.05, 3.63) is 86.3 Å². The van der Waals surface area contributed by atoms with Crippen molar-refractivity contribution in [1.29, 1.82) is 0 Å². The van der Waals surface area contributed by atoms with E-state index in [1.807, 2.05) is 0 Å². The molecule has 3 aromatic rings. The number of H-pyrrole nitrogens is 1. The fourth-order valence-corrected chi connectivity index (χ4v) is 2.90. The number of halogens is 2. The molecule has 144 valence electrons. The molecule has 3 rings (SSSR count). The van der Waals surface area contributed by atoms with Gasteiger partial charge in [0.1, 0.15) is 5.69 Å². The van der Waals surface area contributed by atoms with Crippen molar-refractivity contribution in [3.8, 4) is 5.69 Å². The van der Waals surface area contributed by atoms with Gasteiger partial charge in [0, 0.05) is 16.1 Å². The zero-order valence-corrected chi connectivity index (χ0v) is 15.9. The summed E-state index contributed by atoms with van der Waals surface area (Å²) in [6.07, 6.45) is -0.324. The van der Waals surface area contributed by atoms with Crippen LogP contribution in [0.1, 0.15) is 28.5 Å². The van der Waals surface area contributed by atoms with Gasteiger partial charge in [-0.1, -0.05) is 35.3 Å². The maximum absolute atomic E-state index is 12.6. The van der Waals surface area contributed by atoms with E-state index in [4.69, 9.17) is 28.3 Å². The lowest BCUT2D eigenvalue weighted by atomic mass is 10.0. The van der Waals surface area contributed by atoms with Crippen molar-refractivity contribution in [3.63, 3.8) is 0 Å². The van der Waals surface area contributed by atoms with Crippen molar-refractivity contribution >= 4 is 35.1 Å². The molecule has 0 saturated heterocycles. The lowest BCUT2D eigenvalue weighted by Gasteiger charge is -2.17. The SMILES string of the molecule is O=C(O)C[C@H](NC(=O)c1cc(=O)n(-c2ccc(Cl)cc2)[nH]1)c1ccc(Cl)cc1. The monoisotopic (exact) mass is 419 g/mol. The van der Waals surface area contributed by atoms with Crippen LogP contribution < -0.4 is 10.9 Å². The summed E-state index contributed by atoms with van der Waals surface area (Å²) in [7, 11) is 0. The number of aliphatic carboxylic acids is 1. The van der Waals surface area contributed by atoms with Gasteiger partial charge in [-0.15, -0.1) is 0 Å². The van der Waals surface area contributed by atoms with Gasteiger partial charge in [-0.25, -0.2) is 4.68 Å². The van der Waals surface area contributed by atoms with E-state index in [0.717, 1.165) is 6.07 Å². The van der Waals surface area contributed by atoms with E-state index in [2.05, 4.69) is 10.4 Å². The number of rotatable bonds is 6. The largest absolute Gasteiger partial charge is 0.481 e. The van der Waals surface area contributed by atoms with Gasteiger partial charge >= 0.3 is 5.97 Å². The lowest BCUT2D eigenvalue weighted by molar-refractivity contribution is -0.137. The van der Waals surface area contributed by atoms with Gasteiger partial charge < -0.3 is 10.4 Å². The number of carboxylic acid groups (broad SMARTS) is 1. The Bertz CT molecular complexity index is 1060. The molecule has 0 bridgehead atoms. The van der Waals surface area contributed by atoms with Crippen molar-refractivity contribution in [2.45, 2.75) is 12.5 Å². The number of aromatic amines is 1. The van der Waals surface area contributed by atoms with Crippen molar-refractivity contribution in [2.75, 3.05) is 0 Å². The zero-order chi connectivity index (χ0) is 20.3. The van der Waals surface area contributed by atoms with Gasteiger partial charge in [0.25, 0.3) is 11.5 Å². The van der Waals surface area contributed by atoms with E-state index in [-0.39, 0.29) is 12.1 Å². The molecular weight excluding hydrogens is 405 g/mol. The predicted octanol–water partition coefficient (Wildman–Crippen LogP) is 3.42. The van der Waals surface area contributed by atoms with Crippen molar-refractivity contribution < 1.29 is 14.7 Å². The Morgan fingerprint density at radius 3 is 2.18 bits per heavy atom. The quantitative estimate of drug-likeness (QED) is 0.569. The average molecular weight is 420 g/mol. The summed E-state index contributed by atoms with van der Waals surface area (Å²) in [4.78, 5) is 36.0. The number of aromatic nitrogens is 2. The molecule has 0 aliphatic heterocycles. The van der Waals surface area contributed by atoms with Gasteiger partial charge in [-0.05, 0) is 42.0 Å². The van der Waals surface area contributed by atoms with Gasteiger partial charge in [-0.2, -0.15) is 0 Å². The molecule has 1 atom stereocenters. The first kappa shape index (κ1) is 19.7. The second-order valence-electron chi connectivity index (χ2n) is 6.00. The van der Waals surface area contributed by atoms with E-state index < -0.39 is 23.5 Å². The Hall–Kier alpha value is -3.03. The fourth-order valence-electron chi connectivity index (χ4n) is 2.65. The number of nitrogens with zero attached hydrogens (tertiary/aromatic N) is 1. The van der Waals surface area contributed by atoms with Crippen LogP contribution in [0.4, 0.5) is 0 Å². The van der Waals surface area contributed by atoms with Crippen molar-refractivity contribution in [2.24, 2.45) is 0 Å². The number of benzene rings is 2. The molecule has 2 aromatic carbocycles. The smallest absolute Gasteiger partial charge is 0.305 e. The number of nitrogens with one attached hydrogen (secondary N) is 2. The molecule has 0 unspecified atom stereocenters. The maximum Gasteiger partial charge on any atom is 0.305 e. The summed E-state index contributed by atoms with van der Waals surface area (Å²) >= 11 is 11.7. The minimum absolute atomic E-state index is 0.00398. The second-order valence-corrected chi connectivity index (χ2v) is 6.87. The zero-order valence-electron chi connectivity index (χ0n) is 14.4. The van der Waals surface area contributed by atoms with Crippen LogP contribution in [0, 0.1) is 0 Å². The first-order valence-corrected chi connectivity index (χ1v) is 8.95. The van der Waals surface area contributed by atoms with Crippen LogP contribution in [-0.2, 0) is 4.79 Å². The molecule has 0 spiro atoms. The molecule has 7 nitrogen and oxygen atoms in total. The topological polar surface area (TPSA) is 104 Å². The summed E-state index contributed by atoms with van der Waals surface area (Å²) < 4.78 is 1.19. The molecule has 0 saturated carbocycles. The molecule has 9 heteroatoms. The number of hydrogen-bond acceptors (Lipinski definition) is 3. The molecule has 0 aliphatic rings. The Morgan fingerprint density at radius 1 is 1.04 bits per heavy atom. The van der Waals surface area contributed by atoms with Gasteiger partial charge in [0.05, 0.1) is 18.2 Å². The highest BCUT2D eigenvalue weighted by atomic mass is 35.5. The highest BCUT2D eigenvalue weighted by molar-refractivity contribution is 6.30. The van der Waals surface area contributed by atoms with Crippen LogP contribution in [0.15, 0.2) is 59.4 Å². The van der Waals surface area contributed by atoms with E-state index in [0.29, 0.717) is 21.3 Å². The summed E-state index contributed by atoms with van der Waals surface area (Å²) in [5.74, 6) is -1.68. The van der Waals surface area contributed by atoms with Crippen LogP contribution in [0.5, 0.6) is 0 Å². The highest BCUT2D eigenvalue weighted by Gasteiger charge is 2.21. The minimum atomic E-state index is -1.08. The van der Waals surface area contributed by atoms with Gasteiger partial charge in [0.2, 0.25) is 0 Å². The Kier molecular flexibility index (Phi) is 5.87. The number of amides is 1. The number of hydrogen-bond donors (Lipinski definition) is 3. The molecule has 3 N–H and O–H groups in total. The normalized spacial score (nSPS) is 11.8. The summed E-state index contributed by atoms with van der Waals surface area (Å²) in [6, 6.07) is 13.3. The van der Waals surface area contributed by atoms with Gasteiger partial charge in [0.15, 0.2) is 0 Å². The first-order valence-electron chi connectivity index (χ1n) is 8.19. The molecule has 1 aromatic heterocycles. The Labute approximate surface area is 169 Å². The van der Waals surface area contributed by atoms with Crippen molar-refractivity contribution in [1.82, 2.24) is 15.1 Å². The summed E-state index contributed by atoms with van der Waals surface area (Å²) in [6.45, 7) is 0. The second kappa shape index (κ2) is 8.33. The number of carbonyl (C=O) groups is 2. The standard InChI is InChI=1S/C19H15Cl2N3O4/c20-12-3-1-11(2-4-12)15(10-18(26)27)22-19(28)16-9-17(25)24(23-16)14-7-5-13(21)6-8-14/h1-9,15,23H,10H2,(H,22,28)(H,26,27)/t15-/m0/s1. The third-order valence-electron chi connectivity index (χ3n) is 4.01. The first-order chi connectivity index (χ1) is 13.3. The molecule has 0 fully saturated rings. The molecule has 1 amide bonds.